The number of nitrogens with two attached hydrogens (primary N) is 1. The molecule has 1 aromatic carbocycles. The van der Waals surface area contributed by atoms with Crippen molar-refractivity contribution in [2.75, 3.05) is 7.11 Å². The first kappa shape index (κ1) is 12.7. The molecule has 0 radical (unpaired) electrons. The van der Waals surface area contributed by atoms with Gasteiger partial charge in [0.1, 0.15) is 5.75 Å². The van der Waals surface area contributed by atoms with Gasteiger partial charge in [-0.15, -0.1) is 11.8 Å². The Hall–Kier alpha value is -1.36. The van der Waals surface area contributed by atoms with Gasteiger partial charge in [-0.2, -0.15) is 0 Å². The normalized spacial score (nSPS) is 13.5. The lowest BCUT2D eigenvalue weighted by Gasteiger charge is -2.14. The highest BCUT2D eigenvalue weighted by atomic mass is 32.2. The van der Waals surface area contributed by atoms with Crippen molar-refractivity contribution >= 4 is 17.6 Å². The average molecular weight is 240 g/mol. The van der Waals surface area contributed by atoms with E-state index in [4.69, 9.17) is 15.7 Å². The minimum atomic E-state index is -0.0405. The van der Waals surface area contributed by atoms with Crippen LogP contribution in [0.2, 0.25) is 0 Å². The zero-order valence-electron chi connectivity index (χ0n) is 9.38. The van der Waals surface area contributed by atoms with Crippen LogP contribution < -0.4 is 10.5 Å². The van der Waals surface area contributed by atoms with Crippen LogP contribution in [-0.4, -0.2) is 23.4 Å². The molecule has 4 nitrogen and oxygen atoms in total. The summed E-state index contributed by atoms with van der Waals surface area (Å²) in [4.78, 5) is 0.989. The summed E-state index contributed by atoms with van der Waals surface area (Å²) in [5.74, 6) is 1.04. The van der Waals surface area contributed by atoms with Crippen LogP contribution in [-0.2, 0) is 0 Å². The molecule has 88 valence electrons. The fraction of sp³-hybridized carbons (Fsp3) is 0.364. The van der Waals surface area contributed by atoms with Crippen molar-refractivity contribution in [3.63, 3.8) is 0 Å². The van der Waals surface area contributed by atoms with Gasteiger partial charge in [0.05, 0.1) is 17.3 Å². The molecule has 0 fully saturated rings. The summed E-state index contributed by atoms with van der Waals surface area (Å²) in [7, 11) is 1.63. The van der Waals surface area contributed by atoms with Crippen LogP contribution in [0.1, 0.15) is 13.3 Å². The van der Waals surface area contributed by atoms with Gasteiger partial charge in [0.2, 0.25) is 0 Å². The second-order valence-electron chi connectivity index (χ2n) is 3.19. The topological polar surface area (TPSA) is 67.8 Å². The Kier molecular flexibility index (Phi) is 4.98. The lowest BCUT2D eigenvalue weighted by Crippen LogP contribution is -2.25. The van der Waals surface area contributed by atoms with Crippen molar-refractivity contribution in [2.45, 2.75) is 23.5 Å². The number of hydrogen-bond donors (Lipinski definition) is 2. The third-order valence-electron chi connectivity index (χ3n) is 2.15. The predicted octanol–water partition coefficient (Wildman–Crippen LogP) is 2.31. The quantitative estimate of drug-likeness (QED) is 0.272. The minimum absolute atomic E-state index is 0.0405. The summed E-state index contributed by atoms with van der Waals surface area (Å²) < 4.78 is 5.24. The third-order valence-corrected chi connectivity index (χ3v) is 3.60. The molecule has 5 heteroatoms. The van der Waals surface area contributed by atoms with E-state index in [0.29, 0.717) is 0 Å². The van der Waals surface area contributed by atoms with Crippen LogP contribution in [0.25, 0.3) is 0 Å². The molecule has 16 heavy (non-hydrogen) atoms. The zero-order chi connectivity index (χ0) is 12.0. The Labute approximate surface area is 99.5 Å². The Morgan fingerprint density at radius 1 is 1.56 bits per heavy atom. The van der Waals surface area contributed by atoms with Crippen molar-refractivity contribution < 1.29 is 9.94 Å². The first-order chi connectivity index (χ1) is 7.72. The van der Waals surface area contributed by atoms with Gasteiger partial charge in [0.15, 0.2) is 5.84 Å². The van der Waals surface area contributed by atoms with E-state index in [1.807, 2.05) is 31.2 Å². The van der Waals surface area contributed by atoms with Gasteiger partial charge in [0, 0.05) is 0 Å². The van der Waals surface area contributed by atoms with Crippen molar-refractivity contribution in [3.8, 4) is 5.75 Å². The maximum atomic E-state index is 8.66. The van der Waals surface area contributed by atoms with E-state index in [0.717, 1.165) is 17.1 Å². The van der Waals surface area contributed by atoms with E-state index in [1.54, 1.807) is 7.11 Å². The molecule has 3 N–H and O–H groups in total. The SMILES string of the molecule is CCC(Sc1ccccc1OC)C(N)=NO. The van der Waals surface area contributed by atoms with Crippen LogP contribution in [0.5, 0.6) is 5.75 Å². The van der Waals surface area contributed by atoms with Gasteiger partial charge in [-0.1, -0.05) is 24.2 Å². The Morgan fingerprint density at radius 2 is 2.25 bits per heavy atom. The average Bonchev–Trinajstić information content (AvgIpc) is 2.35. The van der Waals surface area contributed by atoms with Gasteiger partial charge >= 0.3 is 0 Å². The van der Waals surface area contributed by atoms with E-state index >= 15 is 0 Å². The summed E-state index contributed by atoms with van der Waals surface area (Å²) in [6.45, 7) is 1.99. The molecular formula is C11H16N2O2S. The molecule has 0 heterocycles. The second-order valence-corrected chi connectivity index (χ2v) is 4.44. The molecule has 1 aromatic rings. The van der Waals surface area contributed by atoms with E-state index < -0.39 is 0 Å². The van der Waals surface area contributed by atoms with Crippen LogP contribution in [0.4, 0.5) is 0 Å². The number of nitrogens with zero attached hydrogens (tertiary/aromatic N) is 1. The summed E-state index contributed by atoms with van der Waals surface area (Å²) >= 11 is 1.53. The van der Waals surface area contributed by atoms with Gasteiger partial charge in [-0.05, 0) is 18.6 Å². The molecule has 0 spiro atoms. The zero-order valence-corrected chi connectivity index (χ0v) is 10.2. The Morgan fingerprint density at radius 3 is 2.81 bits per heavy atom. The molecule has 0 saturated carbocycles. The van der Waals surface area contributed by atoms with Crippen molar-refractivity contribution in [2.24, 2.45) is 10.9 Å². The number of oxime groups is 1. The molecule has 0 aliphatic carbocycles. The lowest BCUT2D eigenvalue weighted by molar-refractivity contribution is 0.317. The number of methoxy groups -OCH3 is 1. The maximum Gasteiger partial charge on any atom is 0.152 e. The van der Waals surface area contributed by atoms with Crippen LogP contribution in [0, 0.1) is 0 Å². The largest absolute Gasteiger partial charge is 0.496 e. The molecule has 1 rings (SSSR count). The van der Waals surface area contributed by atoms with Crippen molar-refractivity contribution in [1.29, 1.82) is 0 Å². The molecule has 1 atom stereocenters. The minimum Gasteiger partial charge on any atom is -0.496 e. The molecular weight excluding hydrogens is 224 g/mol. The first-order valence-electron chi connectivity index (χ1n) is 5.00. The number of benzene rings is 1. The molecule has 1 unspecified atom stereocenters. The van der Waals surface area contributed by atoms with E-state index in [-0.39, 0.29) is 11.1 Å². The smallest absolute Gasteiger partial charge is 0.152 e. The monoisotopic (exact) mass is 240 g/mol. The third kappa shape index (κ3) is 3.06. The number of para-hydroxylation sites is 1. The van der Waals surface area contributed by atoms with Crippen LogP contribution in [0.3, 0.4) is 0 Å². The number of hydrogen-bond acceptors (Lipinski definition) is 4. The van der Waals surface area contributed by atoms with Crippen molar-refractivity contribution in [1.82, 2.24) is 0 Å². The highest BCUT2D eigenvalue weighted by molar-refractivity contribution is 8.00. The fourth-order valence-electron chi connectivity index (χ4n) is 1.29. The second kappa shape index (κ2) is 6.27. The molecule has 0 amide bonds. The van der Waals surface area contributed by atoms with Crippen molar-refractivity contribution in [3.05, 3.63) is 24.3 Å². The fourth-order valence-corrected chi connectivity index (χ4v) is 2.35. The van der Waals surface area contributed by atoms with Gasteiger partial charge in [-0.25, -0.2) is 0 Å². The molecule has 0 bridgehead atoms. The lowest BCUT2D eigenvalue weighted by atomic mass is 10.3. The number of amidine groups is 1. The van der Waals surface area contributed by atoms with Crippen LogP contribution >= 0.6 is 11.8 Å². The highest BCUT2D eigenvalue weighted by Gasteiger charge is 2.15. The Bertz CT molecular complexity index is 369. The van der Waals surface area contributed by atoms with Gasteiger partial charge < -0.3 is 15.7 Å². The molecule has 0 aliphatic heterocycles. The first-order valence-corrected chi connectivity index (χ1v) is 5.88. The highest BCUT2D eigenvalue weighted by Crippen LogP contribution is 2.33. The summed E-state index contributed by atoms with van der Waals surface area (Å²) in [6, 6.07) is 7.69. The van der Waals surface area contributed by atoms with Crippen LogP contribution in [0.15, 0.2) is 34.3 Å². The molecule has 0 aromatic heterocycles. The number of thioether (sulfide) groups is 1. The summed E-state index contributed by atoms with van der Waals surface area (Å²) in [5.41, 5.74) is 5.61. The standard InChI is InChI=1S/C11H16N2O2S/c1-3-9(11(12)13-14)16-10-7-5-4-6-8(10)15-2/h4-7,9,14H,3H2,1-2H3,(H2,12,13). The molecule has 0 aliphatic rings. The maximum absolute atomic E-state index is 8.66. The van der Waals surface area contributed by atoms with E-state index in [9.17, 15) is 0 Å². The van der Waals surface area contributed by atoms with Gasteiger partial charge in [-0.3, -0.25) is 0 Å². The summed E-state index contributed by atoms with van der Waals surface area (Å²) in [5, 5.41) is 11.7. The number of ether oxygens (including phenoxy) is 1. The van der Waals surface area contributed by atoms with E-state index in [2.05, 4.69) is 5.16 Å². The van der Waals surface area contributed by atoms with Gasteiger partial charge in [0.25, 0.3) is 0 Å². The van der Waals surface area contributed by atoms with E-state index in [1.165, 1.54) is 11.8 Å². The Balaban J connectivity index is 2.85. The predicted molar refractivity (Wildman–Crippen MR) is 66.3 cm³/mol. The number of rotatable bonds is 5. The molecule has 0 saturated heterocycles. The summed E-state index contributed by atoms with van der Waals surface area (Å²) in [6.07, 6.45) is 0.790.